The quantitative estimate of drug-likeness (QED) is 0.386. The molecule has 1 aliphatic carbocycles. The van der Waals surface area contributed by atoms with Gasteiger partial charge in [-0.2, -0.15) is 0 Å². The van der Waals surface area contributed by atoms with E-state index in [0.717, 1.165) is 38.7 Å². The maximum Gasteiger partial charge on any atom is 0.220 e. The zero-order valence-electron chi connectivity index (χ0n) is 19.5. The van der Waals surface area contributed by atoms with Crippen molar-refractivity contribution >= 4 is 11.9 Å². The van der Waals surface area contributed by atoms with Gasteiger partial charge in [0.15, 0.2) is 5.96 Å². The zero-order valence-corrected chi connectivity index (χ0v) is 19.5. The van der Waals surface area contributed by atoms with Crippen molar-refractivity contribution in [3.63, 3.8) is 0 Å². The van der Waals surface area contributed by atoms with Gasteiger partial charge in [-0.1, -0.05) is 49.6 Å². The van der Waals surface area contributed by atoms with Crippen LogP contribution in [0, 0.1) is 5.92 Å². The molecule has 2 aliphatic heterocycles. The third-order valence-corrected chi connectivity index (χ3v) is 7.09. The number of fused-ring (bicyclic) bond motifs is 1. The van der Waals surface area contributed by atoms with Crippen LogP contribution in [-0.4, -0.2) is 80.2 Å². The molecule has 1 amide bonds. The Labute approximate surface area is 192 Å². The molecular weight excluding hydrogens is 402 g/mol. The molecular formula is C25H39N5O2. The van der Waals surface area contributed by atoms with Crippen molar-refractivity contribution in [2.24, 2.45) is 10.9 Å². The number of nitrogens with one attached hydrogen (secondary N) is 2. The van der Waals surface area contributed by atoms with Crippen LogP contribution >= 0.6 is 0 Å². The molecule has 2 heterocycles. The molecule has 1 saturated carbocycles. The van der Waals surface area contributed by atoms with Crippen LogP contribution in [0.5, 0.6) is 0 Å². The van der Waals surface area contributed by atoms with Crippen LogP contribution in [0.1, 0.15) is 44.1 Å². The molecule has 7 heteroatoms. The number of guanidine groups is 1. The van der Waals surface area contributed by atoms with Crippen LogP contribution in [0.4, 0.5) is 0 Å². The molecule has 2 saturated heterocycles. The fourth-order valence-electron chi connectivity index (χ4n) is 5.38. The van der Waals surface area contributed by atoms with Crippen LogP contribution < -0.4 is 10.6 Å². The summed E-state index contributed by atoms with van der Waals surface area (Å²) in [5.41, 5.74) is 1.35. The number of nitrogens with zero attached hydrogens (tertiary/aromatic N) is 3. The first kappa shape index (κ1) is 23.1. The Bertz CT molecular complexity index is 750. The van der Waals surface area contributed by atoms with Gasteiger partial charge in [-0.15, -0.1) is 0 Å². The van der Waals surface area contributed by atoms with Gasteiger partial charge in [-0.3, -0.25) is 14.7 Å². The Morgan fingerprint density at radius 2 is 1.88 bits per heavy atom. The second kappa shape index (κ2) is 11.7. The molecule has 2 atom stereocenters. The minimum Gasteiger partial charge on any atom is -0.373 e. The highest BCUT2D eigenvalue weighted by molar-refractivity contribution is 5.80. The molecule has 32 heavy (non-hydrogen) atoms. The lowest BCUT2D eigenvalue weighted by Crippen LogP contribution is -2.50. The Morgan fingerprint density at radius 1 is 1.09 bits per heavy atom. The Balaban J connectivity index is 1.21. The van der Waals surface area contributed by atoms with Crippen molar-refractivity contribution in [2.45, 2.75) is 57.2 Å². The summed E-state index contributed by atoms with van der Waals surface area (Å²) in [6, 6.07) is 11.0. The van der Waals surface area contributed by atoms with Crippen molar-refractivity contribution in [3.05, 3.63) is 35.9 Å². The summed E-state index contributed by atoms with van der Waals surface area (Å²) in [5.74, 6) is 1.66. The van der Waals surface area contributed by atoms with E-state index in [-0.39, 0.29) is 12.0 Å². The largest absolute Gasteiger partial charge is 0.373 e. The summed E-state index contributed by atoms with van der Waals surface area (Å²) >= 11 is 0. The summed E-state index contributed by atoms with van der Waals surface area (Å²) in [6.07, 6.45) is 7.19. The molecule has 2 N–H and O–H groups in total. The summed E-state index contributed by atoms with van der Waals surface area (Å²) < 4.78 is 6.10. The van der Waals surface area contributed by atoms with Gasteiger partial charge in [0.05, 0.1) is 18.8 Å². The highest BCUT2D eigenvalue weighted by Gasteiger charge is 2.41. The lowest BCUT2D eigenvalue weighted by molar-refractivity contribution is -0.122. The number of likely N-dealkylation sites (tertiary alicyclic amines) is 1. The highest BCUT2D eigenvalue weighted by Crippen LogP contribution is 2.26. The van der Waals surface area contributed by atoms with Gasteiger partial charge in [0, 0.05) is 52.7 Å². The van der Waals surface area contributed by atoms with Gasteiger partial charge in [0.1, 0.15) is 0 Å². The normalized spacial score (nSPS) is 24.9. The minimum atomic E-state index is 0.186. The second-order valence-corrected chi connectivity index (χ2v) is 9.37. The molecule has 0 spiro atoms. The molecule has 4 rings (SSSR count). The number of hydrogen-bond donors (Lipinski definition) is 2. The molecule has 0 bridgehead atoms. The van der Waals surface area contributed by atoms with E-state index in [1.165, 1.54) is 37.7 Å². The first-order valence-electron chi connectivity index (χ1n) is 12.3. The topological polar surface area (TPSA) is 69.2 Å². The van der Waals surface area contributed by atoms with Crippen molar-refractivity contribution in [1.29, 1.82) is 0 Å². The Kier molecular flexibility index (Phi) is 8.40. The van der Waals surface area contributed by atoms with Crippen LogP contribution in [0.2, 0.25) is 0 Å². The van der Waals surface area contributed by atoms with Gasteiger partial charge in [0.2, 0.25) is 5.91 Å². The van der Waals surface area contributed by atoms with Crippen LogP contribution in [0.25, 0.3) is 0 Å². The summed E-state index contributed by atoms with van der Waals surface area (Å²) in [6.45, 7) is 5.77. The molecule has 3 aliphatic rings. The van der Waals surface area contributed by atoms with E-state index in [0.29, 0.717) is 31.5 Å². The molecule has 1 aromatic rings. The monoisotopic (exact) mass is 441 g/mol. The molecule has 0 radical (unpaired) electrons. The van der Waals surface area contributed by atoms with Gasteiger partial charge in [0.25, 0.3) is 0 Å². The summed E-state index contributed by atoms with van der Waals surface area (Å²) in [4.78, 5) is 21.6. The van der Waals surface area contributed by atoms with Crippen molar-refractivity contribution < 1.29 is 9.53 Å². The van der Waals surface area contributed by atoms with E-state index in [9.17, 15) is 4.79 Å². The number of ether oxygens (including phenoxy) is 1. The van der Waals surface area contributed by atoms with E-state index in [1.54, 1.807) is 0 Å². The van der Waals surface area contributed by atoms with Crippen LogP contribution in [0.3, 0.4) is 0 Å². The number of hydrogen-bond acceptors (Lipinski definition) is 4. The third-order valence-electron chi connectivity index (χ3n) is 7.09. The predicted octanol–water partition coefficient (Wildman–Crippen LogP) is 2.23. The Hall–Kier alpha value is -2.12. The predicted molar refractivity (Wildman–Crippen MR) is 128 cm³/mol. The minimum absolute atomic E-state index is 0.186. The number of carbonyl (C=O) groups is 1. The molecule has 176 valence electrons. The lowest BCUT2D eigenvalue weighted by Gasteiger charge is -2.36. The number of morpholine rings is 1. The number of benzene rings is 1. The maximum absolute atomic E-state index is 12.2. The van der Waals surface area contributed by atoms with Gasteiger partial charge in [-0.05, 0) is 24.3 Å². The number of rotatable bonds is 7. The lowest BCUT2D eigenvalue weighted by atomic mass is 9.87. The fourth-order valence-corrected chi connectivity index (χ4v) is 5.38. The van der Waals surface area contributed by atoms with E-state index in [4.69, 9.17) is 4.74 Å². The van der Waals surface area contributed by atoms with Gasteiger partial charge < -0.3 is 20.3 Å². The molecule has 7 nitrogen and oxygen atoms in total. The summed E-state index contributed by atoms with van der Waals surface area (Å²) in [5, 5.41) is 6.51. The molecule has 3 fully saturated rings. The van der Waals surface area contributed by atoms with Crippen LogP contribution in [0.15, 0.2) is 35.3 Å². The SMILES string of the molecule is CN=C(NCCNC(=O)CC1CCCCC1)N1CC2OCCN(Cc3ccccc3)C2C1. The second-order valence-electron chi connectivity index (χ2n) is 9.37. The fraction of sp³-hybridized carbons (Fsp3) is 0.680. The Morgan fingerprint density at radius 3 is 2.66 bits per heavy atom. The molecule has 2 unspecified atom stereocenters. The standard InChI is InChI=1S/C25H39N5O2/c1-26-25(28-13-12-27-24(31)16-20-8-4-2-5-9-20)30-18-22-23(19-30)32-15-14-29(22)17-21-10-6-3-7-11-21/h3,6-7,10-11,20,22-23H,2,4-5,8-9,12-19H2,1H3,(H,26,28)(H,27,31). The number of carbonyl (C=O) groups excluding carboxylic acids is 1. The zero-order chi connectivity index (χ0) is 22.2. The van der Waals surface area contributed by atoms with Gasteiger partial charge in [-0.25, -0.2) is 0 Å². The first-order chi connectivity index (χ1) is 15.7. The first-order valence-corrected chi connectivity index (χ1v) is 12.3. The van der Waals surface area contributed by atoms with Crippen molar-refractivity contribution in [3.8, 4) is 0 Å². The van der Waals surface area contributed by atoms with E-state index >= 15 is 0 Å². The van der Waals surface area contributed by atoms with E-state index in [1.807, 2.05) is 7.05 Å². The number of aliphatic imine (C=N–C) groups is 1. The van der Waals surface area contributed by atoms with Crippen molar-refractivity contribution in [2.75, 3.05) is 46.4 Å². The van der Waals surface area contributed by atoms with E-state index in [2.05, 4.69) is 55.8 Å². The third kappa shape index (κ3) is 6.23. The average molecular weight is 442 g/mol. The maximum atomic E-state index is 12.2. The van der Waals surface area contributed by atoms with Gasteiger partial charge >= 0.3 is 0 Å². The highest BCUT2D eigenvalue weighted by atomic mass is 16.5. The smallest absolute Gasteiger partial charge is 0.220 e. The molecule has 0 aromatic heterocycles. The molecule has 1 aromatic carbocycles. The summed E-state index contributed by atoms with van der Waals surface area (Å²) in [7, 11) is 1.83. The number of amides is 1. The van der Waals surface area contributed by atoms with E-state index < -0.39 is 0 Å². The van der Waals surface area contributed by atoms with Crippen LogP contribution in [-0.2, 0) is 16.1 Å². The van der Waals surface area contributed by atoms with Crippen molar-refractivity contribution in [1.82, 2.24) is 20.4 Å². The average Bonchev–Trinajstić information content (AvgIpc) is 3.26.